The Morgan fingerprint density at radius 1 is 1.18 bits per heavy atom. The topological polar surface area (TPSA) is 95.1 Å². The fourth-order valence-electron chi connectivity index (χ4n) is 4.82. The van der Waals surface area contributed by atoms with Crippen molar-refractivity contribution in [3.63, 3.8) is 0 Å². The molecule has 5 rings (SSSR count). The maximum atomic E-state index is 13.7. The highest BCUT2D eigenvalue weighted by Crippen LogP contribution is 2.40. The molecule has 10 nitrogen and oxygen atoms in total. The molecule has 210 valence electrons. The van der Waals surface area contributed by atoms with Crippen molar-refractivity contribution in [3.05, 3.63) is 71.8 Å². The number of methoxy groups -OCH3 is 1. The zero-order valence-electron chi connectivity index (χ0n) is 22.4. The van der Waals surface area contributed by atoms with Gasteiger partial charge in [0, 0.05) is 44.7 Å². The molecule has 1 atom stereocenters. The summed E-state index contributed by atoms with van der Waals surface area (Å²) < 4.78 is 19.5. The van der Waals surface area contributed by atoms with Gasteiger partial charge in [0.15, 0.2) is 5.82 Å². The standard InChI is InChI=1S/C28H31ClFN7O3/c1-4-28(38)34-21-14-22(25(39-3)15-24(21)36-10-8-35(2)9-11-36)33-26-16-27(32-17-31-26)37-23(7-12-40-37)18-5-6-20(30)19(29)13-18/h4-6,13-17,23H,1,7-12H2,2-3H3,(H,34,38)(H,31,32,33)/t23-/m1/s1. The van der Waals surface area contributed by atoms with Crippen LogP contribution < -0.4 is 25.3 Å². The van der Waals surface area contributed by atoms with E-state index in [4.69, 9.17) is 21.2 Å². The Morgan fingerprint density at radius 2 is 1.98 bits per heavy atom. The summed E-state index contributed by atoms with van der Waals surface area (Å²) in [5.74, 6) is 0.813. The van der Waals surface area contributed by atoms with Crippen LogP contribution in [0.15, 0.2) is 55.4 Å². The Hall–Kier alpha value is -3.93. The Morgan fingerprint density at radius 3 is 2.70 bits per heavy atom. The van der Waals surface area contributed by atoms with Gasteiger partial charge in [0.05, 0.1) is 41.8 Å². The number of amides is 1. The predicted octanol–water partition coefficient (Wildman–Crippen LogP) is 4.78. The largest absolute Gasteiger partial charge is 0.494 e. The quantitative estimate of drug-likeness (QED) is 0.373. The van der Waals surface area contributed by atoms with Crippen LogP contribution in [0.25, 0.3) is 0 Å². The Bertz CT molecular complexity index is 1400. The van der Waals surface area contributed by atoms with Crippen molar-refractivity contribution in [2.45, 2.75) is 12.5 Å². The predicted molar refractivity (Wildman–Crippen MR) is 154 cm³/mol. The Kier molecular flexibility index (Phi) is 8.34. The molecule has 3 aromatic rings. The van der Waals surface area contributed by atoms with Gasteiger partial charge in [-0.1, -0.05) is 24.2 Å². The van der Waals surface area contributed by atoms with Crippen LogP contribution >= 0.6 is 11.6 Å². The number of ether oxygens (including phenoxy) is 1. The molecule has 2 fully saturated rings. The van der Waals surface area contributed by atoms with E-state index in [1.165, 1.54) is 18.5 Å². The van der Waals surface area contributed by atoms with Gasteiger partial charge in [-0.3, -0.25) is 9.63 Å². The minimum absolute atomic E-state index is 0.0564. The number of hydrogen-bond donors (Lipinski definition) is 2. The minimum atomic E-state index is -0.472. The van der Waals surface area contributed by atoms with Crippen molar-refractivity contribution in [1.29, 1.82) is 0 Å². The van der Waals surface area contributed by atoms with Crippen molar-refractivity contribution in [1.82, 2.24) is 14.9 Å². The van der Waals surface area contributed by atoms with E-state index in [9.17, 15) is 9.18 Å². The summed E-state index contributed by atoms with van der Waals surface area (Å²) in [4.78, 5) is 31.4. The number of halogens is 2. The van der Waals surface area contributed by atoms with E-state index in [0.29, 0.717) is 41.8 Å². The number of hydroxylamine groups is 1. The van der Waals surface area contributed by atoms with Gasteiger partial charge in [-0.05, 0) is 36.9 Å². The number of nitrogens with one attached hydrogen (secondary N) is 2. The number of hydrogen-bond acceptors (Lipinski definition) is 9. The maximum Gasteiger partial charge on any atom is 0.247 e. The average Bonchev–Trinajstić information content (AvgIpc) is 3.45. The molecule has 0 unspecified atom stereocenters. The summed E-state index contributed by atoms with van der Waals surface area (Å²) in [6.45, 7) is 7.50. The van der Waals surface area contributed by atoms with Gasteiger partial charge in [0.25, 0.3) is 0 Å². The lowest BCUT2D eigenvalue weighted by molar-refractivity contribution is -0.111. The molecule has 0 spiro atoms. The lowest BCUT2D eigenvalue weighted by atomic mass is 10.0. The molecule has 2 saturated heterocycles. The number of nitrogens with zero attached hydrogens (tertiary/aromatic N) is 5. The van der Waals surface area contributed by atoms with E-state index in [1.54, 1.807) is 30.4 Å². The number of aromatic nitrogens is 2. The number of anilines is 5. The lowest BCUT2D eigenvalue weighted by Crippen LogP contribution is -2.44. The highest BCUT2D eigenvalue weighted by molar-refractivity contribution is 6.30. The van der Waals surface area contributed by atoms with Crippen LogP contribution in [-0.4, -0.2) is 67.7 Å². The van der Waals surface area contributed by atoms with Crippen LogP contribution in [0.3, 0.4) is 0 Å². The average molecular weight is 568 g/mol. The van der Waals surface area contributed by atoms with E-state index in [1.807, 2.05) is 12.1 Å². The van der Waals surface area contributed by atoms with Crippen LogP contribution in [0.4, 0.5) is 33.1 Å². The minimum Gasteiger partial charge on any atom is -0.494 e. The SMILES string of the molecule is C=CC(=O)Nc1cc(Nc2cc(N3OCC[C@@H]3c3ccc(F)c(Cl)c3)ncn2)c(OC)cc1N1CCN(C)CC1. The molecule has 0 aliphatic carbocycles. The molecule has 0 saturated carbocycles. The summed E-state index contributed by atoms with van der Waals surface area (Å²) in [5, 5.41) is 7.96. The number of likely N-dealkylation sites (N-methyl/N-ethyl adjacent to an activating group) is 1. The van der Waals surface area contributed by atoms with E-state index >= 15 is 0 Å². The fourth-order valence-corrected chi connectivity index (χ4v) is 5.01. The summed E-state index contributed by atoms with van der Waals surface area (Å²) in [6, 6.07) is 9.94. The highest BCUT2D eigenvalue weighted by Gasteiger charge is 2.30. The second-order valence-electron chi connectivity index (χ2n) is 9.58. The van der Waals surface area contributed by atoms with Crippen molar-refractivity contribution in [3.8, 4) is 5.75 Å². The first-order chi connectivity index (χ1) is 19.4. The molecule has 0 bridgehead atoms. The van der Waals surface area contributed by atoms with Gasteiger partial charge >= 0.3 is 0 Å². The first-order valence-electron chi connectivity index (χ1n) is 12.9. The molecule has 1 amide bonds. The smallest absolute Gasteiger partial charge is 0.247 e. The van der Waals surface area contributed by atoms with Crippen LogP contribution in [0, 0.1) is 5.82 Å². The maximum absolute atomic E-state index is 13.7. The normalized spacial score (nSPS) is 17.6. The summed E-state index contributed by atoms with van der Waals surface area (Å²) in [6.07, 6.45) is 3.35. The third-order valence-corrected chi connectivity index (χ3v) is 7.27. The molecule has 0 radical (unpaired) electrons. The van der Waals surface area contributed by atoms with Gasteiger partial charge < -0.3 is 25.2 Å². The van der Waals surface area contributed by atoms with Crippen molar-refractivity contribution < 1.29 is 18.8 Å². The van der Waals surface area contributed by atoms with E-state index in [2.05, 4.69) is 44.0 Å². The molecule has 2 aromatic carbocycles. The monoisotopic (exact) mass is 567 g/mol. The van der Waals surface area contributed by atoms with Gasteiger partial charge in [-0.2, -0.15) is 0 Å². The zero-order chi connectivity index (χ0) is 28.2. The van der Waals surface area contributed by atoms with E-state index < -0.39 is 5.82 Å². The second-order valence-corrected chi connectivity index (χ2v) is 9.98. The number of carbonyl (C=O) groups excluding carboxylic acids is 1. The van der Waals surface area contributed by atoms with Gasteiger partial charge in [0.1, 0.15) is 23.7 Å². The molecule has 1 aromatic heterocycles. The third-order valence-electron chi connectivity index (χ3n) is 6.98. The highest BCUT2D eigenvalue weighted by atomic mass is 35.5. The Labute approximate surface area is 237 Å². The van der Waals surface area contributed by atoms with Crippen LogP contribution in [0.1, 0.15) is 18.0 Å². The van der Waals surface area contributed by atoms with Gasteiger partial charge in [-0.15, -0.1) is 0 Å². The summed E-state index contributed by atoms with van der Waals surface area (Å²) >= 11 is 6.03. The third kappa shape index (κ3) is 5.96. The van der Waals surface area contributed by atoms with Crippen LogP contribution in [0.2, 0.25) is 5.02 Å². The number of piperazine rings is 1. The summed E-state index contributed by atoms with van der Waals surface area (Å²) in [7, 11) is 3.68. The fraction of sp³-hybridized carbons (Fsp3) is 0.321. The van der Waals surface area contributed by atoms with Gasteiger partial charge in [0.2, 0.25) is 5.91 Å². The second kappa shape index (κ2) is 12.1. The lowest BCUT2D eigenvalue weighted by Gasteiger charge is -2.35. The van der Waals surface area contributed by atoms with Crippen LogP contribution in [0.5, 0.6) is 5.75 Å². The number of rotatable bonds is 8. The molecule has 40 heavy (non-hydrogen) atoms. The molecule has 2 aliphatic heterocycles. The van der Waals surface area contributed by atoms with Crippen molar-refractivity contribution >= 4 is 46.2 Å². The molecular weight excluding hydrogens is 537 g/mol. The zero-order valence-corrected chi connectivity index (χ0v) is 23.1. The molecular formula is C28H31ClFN7O3. The molecule has 2 N–H and O–H groups in total. The molecule has 12 heteroatoms. The first-order valence-corrected chi connectivity index (χ1v) is 13.3. The first kappa shape index (κ1) is 27.6. The van der Waals surface area contributed by atoms with E-state index in [0.717, 1.165) is 37.4 Å². The van der Waals surface area contributed by atoms with Crippen molar-refractivity contribution in [2.75, 3.05) is 67.5 Å². The summed E-state index contributed by atoms with van der Waals surface area (Å²) in [5.41, 5.74) is 2.91. The molecule has 2 aliphatic rings. The van der Waals surface area contributed by atoms with E-state index in [-0.39, 0.29) is 17.0 Å². The van der Waals surface area contributed by atoms with Crippen LogP contribution in [-0.2, 0) is 9.63 Å². The van der Waals surface area contributed by atoms with Gasteiger partial charge in [-0.25, -0.2) is 19.4 Å². The number of benzene rings is 2. The number of carbonyl (C=O) groups is 1. The Balaban J connectivity index is 1.44. The van der Waals surface area contributed by atoms with Crippen molar-refractivity contribution in [2.24, 2.45) is 0 Å². The molecule has 3 heterocycles.